The summed E-state index contributed by atoms with van der Waals surface area (Å²) in [6, 6.07) is 0.876. The molecule has 0 aliphatic carbocycles. The number of hydrogen-bond acceptors (Lipinski definition) is 2. The SMILES string of the molecule is CC(C)c1cc(C(F)(F)F)cn(CCO)c1=O. The lowest BCUT2D eigenvalue weighted by molar-refractivity contribution is -0.138. The number of pyridine rings is 1. The Hall–Kier alpha value is -1.30. The number of alkyl halides is 3. The van der Waals surface area contributed by atoms with E-state index in [9.17, 15) is 18.0 Å². The van der Waals surface area contributed by atoms with Crippen molar-refractivity contribution in [3.63, 3.8) is 0 Å². The topological polar surface area (TPSA) is 42.2 Å². The van der Waals surface area contributed by atoms with E-state index < -0.39 is 17.3 Å². The van der Waals surface area contributed by atoms with Crippen LogP contribution in [0.4, 0.5) is 13.2 Å². The highest BCUT2D eigenvalue weighted by molar-refractivity contribution is 5.24. The first-order valence-corrected chi connectivity index (χ1v) is 5.19. The van der Waals surface area contributed by atoms with Crippen LogP contribution in [0.1, 0.15) is 30.9 Å². The average Bonchev–Trinajstić information content (AvgIpc) is 2.19. The largest absolute Gasteiger partial charge is 0.417 e. The number of hydrogen-bond donors (Lipinski definition) is 1. The Morgan fingerprint density at radius 3 is 2.41 bits per heavy atom. The molecule has 1 heterocycles. The molecule has 0 aromatic carbocycles. The number of aromatic nitrogens is 1. The van der Waals surface area contributed by atoms with Gasteiger partial charge in [0.25, 0.3) is 5.56 Å². The molecule has 0 aliphatic heterocycles. The van der Waals surface area contributed by atoms with E-state index in [2.05, 4.69) is 0 Å². The molecule has 0 fully saturated rings. The van der Waals surface area contributed by atoms with E-state index in [1.54, 1.807) is 13.8 Å². The number of aliphatic hydroxyl groups is 1. The zero-order valence-corrected chi connectivity index (χ0v) is 9.58. The molecule has 0 unspecified atom stereocenters. The third kappa shape index (κ3) is 3.09. The predicted molar refractivity (Wildman–Crippen MR) is 56.9 cm³/mol. The van der Waals surface area contributed by atoms with Crippen LogP contribution in [0.5, 0.6) is 0 Å². The summed E-state index contributed by atoms with van der Waals surface area (Å²) in [5.74, 6) is -0.297. The molecule has 1 rings (SSSR count). The Kier molecular flexibility index (Phi) is 3.98. The summed E-state index contributed by atoms with van der Waals surface area (Å²) in [6.07, 6.45) is -3.75. The Morgan fingerprint density at radius 2 is 2.00 bits per heavy atom. The van der Waals surface area contributed by atoms with Gasteiger partial charge in [-0.05, 0) is 12.0 Å². The van der Waals surface area contributed by atoms with Gasteiger partial charge in [0, 0.05) is 18.3 Å². The Bertz CT molecular complexity index is 449. The van der Waals surface area contributed by atoms with Crippen LogP contribution >= 0.6 is 0 Å². The molecule has 3 nitrogen and oxygen atoms in total. The highest BCUT2D eigenvalue weighted by Gasteiger charge is 2.32. The first kappa shape index (κ1) is 13.8. The Labute approximate surface area is 96.5 Å². The predicted octanol–water partition coefficient (Wildman–Crippen LogP) is 1.98. The summed E-state index contributed by atoms with van der Waals surface area (Å²) in [5, 5.41) is 8.73. The standard InChI is InChI=1S/C11H14F3NO2/c1-7(2)9-5-8(11(12,13)14)6-15(3-4-16)10(9)17/h5-7,16H,3-4H2,1-2H3. The molecule has 6 heteroatoms. The first-order valence-electron chi connectivity index (χ1n) is 5.19. The van der Waals surface area contributed by atoms with Crippen LogP contribution in [-0.2, 0) is 12.7 Å². The van der Waals surface area contributed by atoms with Gasteiger partial charge >= 0.3 is 6.18 Å². The van der Waals surface area contributed by atoms with Crippen LogP contribution in [0, 0.1) is 0 Å². The van der Waals surface area contributed by atoms with Crippen molar-refractivity contribution in [3.05, 3.63) is 33.7 Å². The molecule has 0 radical (unpaired) electrons. The van der Waals surface area contributed by atoms with E-state index in [0.717, 1.165) is 16.8 Å². The molecule has 0 saturated heterocycles. The summed E-state index contributed by atoms with van der Waals surface area (Å²) in [7, 11) is 0. The smallest absolute Gasteiger partial charge is 0.395 e. The molecule has 0 spiro atoms. The van der Waals surface area contributed by atoms with Crippen molar-refractivity contribution in [3.8, 4) is 0 Å². The van der Waals surface area contributed by atoms with E-state index in [4.69, 9.17) is 5.11 Å². The van der Waals surface area contributed by atoms with Gasteiger partial charge in [0.05, 0.1) is 12.2 Å². The van der Waals surface area contributed by atoms with Crippen LogP contribution in [-0.4, -0.2) is 16.3 Å². The quantitative estimate of drug-likeness (QED) is 0.890. The zero-order valence-electron chi connectivity index (χ0n) is 9.58. The van der Waals surface area contributed by atoms with Crippen LogP contribution in [0.25, 0.3) is 0 Å². The maximum Gasteiger partial charge on any atom is 0.417 e. The second kappa shape index (κ2) is 4.91. The van der Waals surface area contributed by atoms with Crippen LogP contribution in [0.2, 0.25) is 0 Å². The minimum atomic E-state index is -4.49. The van der Waals surface area contributed by atoms with Crippen molar-refractivity contribution < 1.29 is 18.3 Å². The number of aliphatic hydroxyl groups excluding tert-OH is 1. The van der Waals surface area contributed by atoms with Crippen molar-refractivity contribution in [2.45, 2.75) is 32.5 Å². The van der Waals surface area contributed by atoms with Crippen molar-refractivity contribution in [1.29, 1.82) is 0 Å². The molecule has 0 atom stereocenters. The Morgan fingerprint density at radius 1 is 1.41 bits per heavy atom. The minimum Gasteiger partial charge on any atom is -0.395 e. The van der Waals surface area contributed by atoms with Crippen molar-refractivity contribution in [2.24, 2.45) is 0 Å². The molecule has 17 heavy (non-hydrogen) atoms. The number of nitrogens with zero attached hydrogens (tertiary/aromatic N) is 1. The first-order chi connectivity index (χ1) is 7.77. The van der Waals surface area contributed by atoms with Gasteiger partial charge < -0.3 is 9.67 Å². The van der Waals surface area contributed by atoms with Crippen molar-refractivity contribution in [1.82, 2.24) is 4.57 Å². The zero-order chi connectivity index (χ0) is 13.2. The second-order valence-electron chi connectivity index (χ2n) is 4.06. The highest BCUT2D eigenvalue weighted by atomic mass is 19.4. The highest BCUT2D eigenvalue weighted by Crippen LogP contribution is 2.29. The molecule has 0 bridgehead atoms. The van der Waals surface area contributed by atoms with Crippen LogP contribution < -0.4 is 5.56 Å². The minimum absolute atomic E-state index is 0.105. The van der Waals surface area contributed by atoms with Crippen molar-refractivity contribution in [2.75, 3.05) is 6.61 Å². The molecule has 0 amide bonds. The molecular weight excluding hydrogens is 235 g/mol. The lowest BCUT2D eigenvalue weighted by atomic mass is 10.0. The normalized spacial score (nSPS) is 12.2. The van der Waals surface area contributed by atoms with E-state index in [-0.39, 0.29) is 24.6 Å². The maximum atomic E-state index is 12.6. The summed E-state index contributed by atoms with van der Waals surface area (Å²) in [4.78, 5) is 11.8. The third-order valence-corrected chi connectivity index (χ3v) is 2.40. The number of halogens is 3. The fourth-order valence-corrected chi connectivity index (χ4v) is 1.50. The second-order valence-corrected chi connectivity index (χ2v) is 4.06. The van der Waals surface area contributed by atoms with Gasteiger partial charge in [-0.15, -0.1) is 0 Å². The number of rotatable bonds is 3. The lowest BCUT2D eigenvalue weighted by Gasteiger charge is -2.14. The molecule has 0 aliphatic rings. The summed E-state index contributed by atoms with van der Waals surface area (Å²) >= 11 is 0. The monoisotopic (exact) mass is 249 g/mol. The average molecular weight is 249 g/mol. The molecule has 96 valence electrons. The van der Waals surface area contributed by atoms with Crippen LogP contribution in [0.15, 0.2) is 17.1 Å². The van der Waals surface area contributed by atoms with Gasteiger partial charge in [0.1, 0.15) is 0 Å². The van der Waals surface area contributed by atoms with Gasteiger partial charge in [-0.1, -0.05) is 13.8 Å². The molecule has 0 saturated carbocycles. The molecule has 1 N–H and O–H groups in total. The third-order valence-electron chi connectivity index (χ3n) is 2.40. The molecule has 1 aromatic rings. The summed E-state index contributed by atoms with van der Waals surface area (Å²) in [5.41, 5.74) is -1.25. The lowest BCUT2D eigenvalue weighted by Crippen LogP contribution is -2.27. The van der Waals surface area contributed by atoms with Gasteiger partial charge in [0.15, 0.2) is 0 Å². The Balaban J connectivity index is 3.42. The molecule has 1 aromatic heterocycles. The van der Waals surface area contributed by atoms with E-state index in [0.29, 0.717) is 0 Å². The van der Waals surface area contributed by atoms with E-state index >= 15 is 0 Å². The fraction of sp³-hybridized carbons (Fsp3) is 0.545. The van der Waals surface area contributed by atoms with Crippen LogP contribution in [0.3, 0.4) is 0 Å². The van der Waals surface area contributed by atoms with E-state index in [1.807, 2.05) is 0 Å². The summed E-state index contributed by atoms with van der Waals surface area (Å²) < 4.78 is 38.7. The van der Waals surface area contributed by atoms with Gasteiger partial charge in [-0.2, -0.15) is 13.2 Å². The summed E-state index contributed by atoms with van der Waals surface area (Å²) in [6.45, 7) is 2.79. The van der Waals surface area contributed by atoms with Crippen molar-refractivity contribution >= 4 is 0 Å². The van der Waals surface area contributed by atoms with E-state index in [1.165, 1.54) is 0 Å². The fourth-order valence-electron chi connectivity index (χ4n) is 1.50. The van der Waals surface area contributed by atoms with Gasteiger partial charge in [0.2, 0.25) is 0 Å². The molecular formula is C11H14F3NO2. The van der Waals surface area contributed by atoms with Gasteiger partial charge in [-0.3, -0.25) is 4.79 Å². The van der Waals surface area contributed by atoms with Gasteiger partial charge in [-0.25, -0.2) is 0 Å². The maximum absolute atomic E-state index is 12.6.